The standard InChI is InChI=1S/C15H12N6O4S2/c22-11(18-14-16-5-7-26-14)3-4-12-17-10(21-25-12)8-27-15-20-19-13(24-15)9-2-1-6-23-9/h1-2,5-7H,3-4,8H2,(H,16,18,22). The van der Waals surface area contributed by atoms with Crippen LogP contribution in [0.1, 0.15) is 18.1 Å². The molecule has 0 bridgehead atoms. The van der Waals surface area contributed by atoms with Crippen LogP contribution < -0.4 is 5.32 Å². The Morgan fingerprint density at radius 3 is 3.11 bits per heavy atom. The maximum Gasteiger partial charge on any atom is 0.284 e. The highest BCUT2D eigenvalue weighted by atomic mass is 32.2. The molecule has 0 saturated heterocycles. The van der Waals surface area contributed by atoms with Crippen LogP contribution in [-0.2, 0) is 17.0 Å². The van der Waals surface area contributed by atoms with Gasteiger partial charge in [0.15, 0.2) is 16.7 Å². The van der Waals surface area contributed by atoms with Gasteiger partial charge in [-0.2, -0.15) is 4.98 Å². The van der Waals surface area contributed by atoms with Gasteiger partial charge in [0, 0.05) is 24.4 Å². The van der Waals surface area contributed by atoms with Gasteiger partial charge in [-0.1, -0.05) is 16.9 Å². The molecule has 0 aliphatic carbocycles. The molecule has 0 spiro atoms. The molecule has 4 aromatic heterocycles. The topological polar surface area (TPSA) is 133 Å². The third-order valence-electron chi connectivity index (χ3n) is 3.22. The Balaban J connectivity index is 1.25. The van der Waals surface area contributed by atoms with Crippen molar-refractivity contribution in [1.29, 1.82) is 0 Å². The quantitative estimate of drug-likeness (QED) is 0.437. The molecule has 27 heavy (non-hydrogen) atoms. The largest absolute Gasteiger partial charge is 0.459 e. The van der Waals surface area contributed by atoms with Crippen LogP contribution in [0.25, 0.3) is 11.7 Å². The molecule has 0 aliphatic rings. The van der Waals surface area contributed by atoms with Gasteiger partial charge < -0.3 is 18.7 Å². The summed E-state index contributed by atoms with van der Waals surface area (Å²) in [5.41, 5.74) is 0. The number of aromatic nitrogens is 5. The number of amides is 1. The lowest BCUT2D eigenvalue weighted by molar-refractivity contribution is -0.116. The van der Waals surface area contributed by atoms with E-state index in [0.717, 1.165) is 0 Å². The fourth-order valence-electron chi connectivity index (χ4n) is 2.03. The van der Waals surface area contributed by atoms with Gasteiger partial charge in [0.25, 0.3) is 11.1 Å². The highest BCUT2D eigenvalue weighted by Crippen LogP contribution is 2.25. The van der Waals surface area contributed by atoms with E-state index < -0.39 is 0 Å². The van der Waals surface area contributed by atoms with Crippen molar-refractivity contribution in [3.63, 3.8) is 0 Å². The molecule has 12 heteroatoms. The Hall–Kier alpha value is -2.99. The van der Waals surface area contributed by atoms with E-state index in [0.29, 0.717) is 45.9 Å². The maximum atomic E-state index is 11.8. The SMILES string of the molecule is O=C(CCc1nc(CSc2nnc(-c3ccco3)o2)no1)Nc1nccs1. The lowest BCUT2D eigenvalue weighted by Crippen LogP contribution is -2.12. The van der Waals surface area contributed by atoms with Crippen LogP contribution in [0.3, 0.4) is 0 Å². The third-order valence-corrected chi connectivity index (χ3v) is 4.72. The number of carbonyl (C=O) groups is 1. The van der Waals surface area contributed by atoms with Crippen LogP contribution in [0.4, 0.5) is 5.13 Å². The lowest BCUT2D eigenvalue weighted by atomic mass is 10.3. The second kappa shape index (κ2) is 8.14. The molecule has 4 heterocycles. The van der Waals surface area contributed by atoms with E-state index in [4.69, 9.17) is 13.4 Å². The minimum Gasteiger partial charge on any atom is -0.459 e. The summed E-state index contributed by atoms with van der Waals surface area (Å²) in [5.74, 6) is 1.93. The molecule has 0 aromatic carbocycles. The predicted octanol–water partition coefficient (Wildman–Crippen LogP) is 3.03. The molecular formula is C15H12N6O4S2. The van der Waals surface area contributed by atoms with Crippen molar-refractivity contribution in [2.45, 2.75) is 23.8 Å². The van der Waals surface area contributed by atoms with Gasteiger partial charge in [-0.15, -0.1) is 21.5 Å². The maximum absolute atomic E-state index is 11.8. The van der Waals surface area contributed by atoms with E-state index >= 15 is 0 Å². The molecule has 0 aliphatic heterocycles. The zero-order valence-corrected chi connectivity index (χ0v) is 15.3. The fraction of sp³-hybridized carbons (Fsp3) is 0.200. The molecule has 1 N–H and O–H groups in total. The van der Waals surface area contributed by atoms with Crippen LogP contribution in [0.2, 0.25) is 0 Å². The van der Waals surface area contributed by atoms with E-state index in [9.17, 15) is 4.79 Å². The van der Waals surface area contributed by atoms with Gasteiger partial charge in [-0.3, -0.25) is 4.79 Å². The number of hydrogen-bond donors (Lipinski definition) is 1. The van der Waals surface area contributed by atoms with Crippen LogP contribution in [0.5, 0.6) is 0 Å². The normalized spacial score (nSPS) is 11.0. The van der Waals surface area contributed by atoms with E-state index in [1.807, 2.05) is 0 Å². The second-order valence-electron chi connectivity index (χ2n) is 5.13. The Kier molecular flexibility index (Phi) is 5.25. The van der Waals surface area contributed by atoms with Crippen molar-refractivity contribution < 1.29 is 18.2 Å². The molecular weight excluding hydrogens is 392 g/mol. The summed E-state index contributed by atoms with van der Waals surface area (Å²) in [7, 11) is 0. The van der Waals surface area contributed by atoms with Crippen LogP contribution >= 0.6 is 23.1 Å². The molecule has 1 amide bonds. The first-order chi connectivity index (χ1) is 13.3. The average molecular weight is 404 g/mol. The van der Waals surface area contributed by atoms with Gasteiger partial charge in [0.05, 0.1) is 12.0 Å². The molecule has 0 fully saturated rings. The number of nitrogens with zero attached hydrogens (tertiary/aromatic N) is 5. The Labute approximate surface area is 160 Å². The molecule has 138 valence electrons. The first-order valence-corrected chi connectivity index (χ1v) is 9.64. The number of nitrogens with one attached hydrogen (secondary N) is 1. The number of carbonyl (C=O) groups excluding carboxylic acids is 1. The van der Waals surface area contributed by atoms with Crippen LogP contribution in [0.15, 0.2) is 48.6 Å². The zero-order valence-electron chi connectivity index (χ0n) is 13.7. The summed E-state index contributed by atoms with van der Waals surface area (Å²) in [6.45, 7) is 0. The minimum absolute atomic E-state index is 0.157. The molecule has 4 rings (SSSR count). The zero-order chi connectivity index (χ0) is 18.5. The first kappa shape index (κ1) is 17.4. The van der Waals surface area contributed by atoms with Gasteiger partial charge >= 0.3 is 0 Å². The summed E-state index contributed by atoms with van der Waals surface area (Å²) in [6, 6.07) is 3.47. The monoisotopic (exact) mass is 404 g/mol. The Morgan fingerprint density at radius 1 is 1.33 bits per heavy atom. The fourth-order valence-corrected chi connectivity index (χ4v) is 3.18. The van der Waals surface area contributed by atoms with E-state index in [-0.39, 0.29) is 12.3 Å². The predicted molar refractivity (Wildman–Crippen MR) is 94.9 cm³/mol. The van der Waals surface area contributed by atoms with Gasteiger partial charge in [0.1, 0.15) is 0 Å². The van der Waals surface area contributed by atoms with Crippen molar-refractivity contribution in [3.05, 3.63) is 41.7 Å². The summed E-state index contributed by atoms with van der Waals surface area (Å²) >= 11 is 2.64. The number of furan rings is 1. The summed E-state index contributed by atoms with van der Waals surface area (Å²) in [5, 5.41) is 17.2. The molecule has 4 aromatic rings. The molecule has 0 unspecified atom stereocenters. The number of aryl methyl sites for hydroxylation is 1. The lowest BCUT2D eigenvalue weighted by Gasteiger charge is -1.98. The van der Waals surface area contributed by atoms with E-state index in [1.54, 1.807) is 23.7 Å². The number of rotatable bonds is 8. The van der Waals surface area contributed by atoms with Crippen molar-refractivity contribution in [2.24, 2.45) is 0 Å². The van der Waals surface area contributed by atoms with E-state index in [2.05, 4.69) is 30.6 Å². The average Bonchev–Trinajstić information content (AvgIpc) is 3.46. The number of thiazole rings is 1. The van der Waals surface area contributed by atoms with Gasteiger partial charge in [-0.25, -0.2) is 4.98 Å². The van der Waals surface area contributed by atoms with Gasteiger partial charge in [0.2, 0.25) is 11.8 Å². The number of thioether (sulfide) groups is 1. The smallest absolute Gasteiger partial charge is 0.284 e. The minimum atomic E-state index is -0.157. The number of hydrogen-bond acceptors (Lipinski definition) is 11. The third kappa shape index (κ3) is 4.60. The highest BCUT2D eigenvalue weighted by molar-refractivity contribution is 7.98. The summed E-state index contributed by atoms with van der Waals surface area (Å²) < 4.78 is 15.8. The van der Waals surface area contributed by atoms with Gasteiger partial charge in [-0.05, 0) is 12.1 Å². The Bertz CT molecular complexity index is 996. The van der Waals surface area contributed by atoms with Crippen LogP contribution in [-0.4, -0.2) is 31.2 Å². The first-order valence-electron chi connectivity index (χ1n) is 7.77. The molecule has 0 radical (unpaired) electrons. The van der Waals surface area contributed by atoms with Crippen molar-refractivity contribution in [3.8, 4) is 11.7 Å². The van der Waals surface area contributed by atoms with Crippen LogP contribution in [0, 0.1) is 0 Å². The number of anilines is 1. The molecule has 0 atom stereocenters. The van der Waals surface area contributed by atoms with Crippen molar-refractivity contribution in [1.82, 2.24) is 25.3 Å². The van der Waals surface area contributed by atoms with E-state index in [1.165, 1.54) is 29.4 Å². The summed E-state index contributed by atoms with van der Waals surface area (Å²) in [4.78, 5) is 20.1. The Morgan fingerprint density at radius 2 is 2.30 bits per heavy atom. The summed E-state index contributed by atoms with van der Waals surface area (Å²) in [6.07, 6.45) is 3.73. The van der Waals surface area contributed by atoms with Crippen molar-refractivity contribution in [2.75, 3.05) is 5.32 Å². The highest BCUT2D eigenvalue weighted by Gasteiger charge is 2.14. The van der Waals surface area contributed by atoms with Crippen molar-refractivity contribution >= 4 is 34.1 Å². The molecule has 0 saturated carbocycles. The second-order valence-corrected chi connectivity index (χ2v) is 6.95. The molecule has 10 nitrogen and oxygen atoms in total.